The van der Waals surface area contributed by atoms with Gasteiger partial charge in [-0.3, -0.25) is 0 Å². The molecule has 4 rings (SSSR count). The van der Waals surface area contributed by atoms with Crippen LogP contribution in [0.3, 0.4) is 0 Å². The van der Waals surface area contributed by atoms with E-state index in [4.69, 9.17) is 14.5 Å². The zero-order valence-corrected chi connectivity index (χ0v) is 15.6. The molecule has 3 unspecified atom stereocenters. The van der Waals surface area contributed by atoms with Crippen molar-refractivity contribution < 1.29 is 19.3 Å². The van der Waals surface area contributed by atoms with Gasteiger partial charge >= 0.3 is 5.97 Å². The van der Waals surface area contributed by atoms with E-state index < -0.39 is 5.97 Å². The van der Waals surface area contributed by atoms with Crippen LogP contribution in [0.2, 0.25) is 0 Å². The fourth-order valence-corrected chi connectivity index (χ4v) is 4.54. The number of carbonyl (C=O) groups excluding carboxylic acids is 1. The molecular formula is C21H28O4. The quantitative estimate of drug-likeness (QED) is 0.322. The van der Waals surface area contributed by atoms with Crippen LogP contribution in [0.15, 0.2) is 30.8 Å². The number of ether oxygens (including phenoxy) is 1. The molecule has 1 aromatic carbocycles. The molecule has 0 aliphatic heterocycles. The highest BCUT2D eigenvalue weighted by atomic mass is 17.2. The Balaban J connectivity index is 1.78. The topological polar surface area (TPSA) is 44.8 Å². The normalized spacial score (nSPS) is 29.4. The maximum Gasteiger partial charge on any atom is 0.338 e. The molecule has 0 heterocycles. The fraction of sp³-hybridized carbons (Fsp3) is 0.571. The maximum absolute atomic E-state index is 12.0. The smallest absolute Gasteiger partial charge is 0.338 e. The van der Waals surface area contributed by atoms with Crippen LogP contribution in [0, 0.1) is 17.3 Å². The van der Waals surface area contributed by atoms with Crippen molar-refractivity contribution >= 4 is 11.5 Å². The number of benzene rings is 1. The lowest BCUT2D eigenvalue weighted by Gasteiger charge is -2.65. The van der Waals surface area contributed by atoms with E-state index in [0.717, 1.165) is 12.8 Å². The lowest BCUT2D eigenvalue weighted by molar-refractivity contribution is -0.399. The van der Waals surface area contributed by atoms with Crippen molar-refractivity contribution in [1.82, 2.24) is 0 Å². The Morgan fingerprint density at radius 1 is 1.28 bits per heavy atom. The summed E-state index contributed by atoms with van der Waals surface area (Å²) in [5.41, 5.74) is 0.710. The van der Waals surface area contributed by atoms with Crippen LogP contribution in [-0.2, 0) is 14.4 Å². The summed E-state index contributed by atoms with van der Waals surface area (Å²) in [6.45, 7) is 12.7. The average Bonchev–Trinajstić information content (AvgIpc) is 2.60. The van der Waals surface area contributed by atoms with Crippen molar-refractivity contribution in [3.05, 3.63) is 36.4 Å². The van der Waals surface area contributed by atoms with E-state index >= 15 is 0 Å². The average molecular weight is 344 g/mol. The summed E-state index contributed by atoms with van der Waals surface area (Å²) in [6.07, 6.45) is 3.45. The first-order valence-electron chi connectivity index (χ1n) is 9.14. The molecule has 4 heteroatoms. The Bertz CT molecular complexity index is 678. The van der Waals surface area contributed by atoms with Gasteiger partial charge in [0.1, 0.15) is 5.60 Å². The molecule has 3 saturated carbocycles. The van der Waals surface area contributed by atoms with Gasteiger partial charge in [0, 0.05) is 11.0 Å². The molecular weight excluding hydrogens is 316 g/mol. The minimum atomic E-state index is -0.438. The van der Waals surface area contributed by atoms with Crippen molar-refractivity contribution in [2.24, 2.45) is 17.3 Å². The van der Waals surface area contributed by atoms with Gasteiger partial charge in [0.2, 0.25) is 0 Å². The van der Waals surface area contributed by atoms with E-state index in [1.165, 1.54) is 6.42 Å². The number of hydrogen-bond acceptors (Lipinski definition) is 4. The van der Waals surface area contributed by atoms with Gasteiger partial charge in [-0.15, -0.1) is 0 Å². The van der Waals surface area contributed by atoms with Crippen LogP contribution in [-0.4, -0.2) is 18.2 Å². The highest BCUT2D eigenvalue weighted by Gasteiger charge is 2.67. The molecule has 3 aliphatic rings. The van der Waals surface area contributed by atoms with Crippen molar-refractivity contribution in [2.45, 2.75) is 52.6 Å². The third-order valence-corrected chi connectivity index (χ3v) is 6.42. The van der Waals surface area contributed by atoms with Crippen LogP contribution in [0.1, 0.15) is 52.5 Å². The summed E-state index contributed by atoms with van der Waals surface area (Å²) in [4.78, 5) is 23.9. The molecule has 0 spiro atoms. The second-order valence-corrected chi connectivity index (χ2v) is 7.85. The predicted molar refractivity (Wildman–Crippen MR) is 96.8 cm³/mol. The summed E-state index contributed by atoms with van der Waals surface area (Å²) in [6, 6.07) is 7.30. The SMILES string of the molecule is C=C(C(=O)OCC)c1ccccc1OOC12CC(CCC1C)C2(C)C. The molecule has 0 aromatic heterocycles. The standard InChI is InChI=1S/C21H28O4/c1-6-23-19(22)15(3)17-9-7-8-10-18(17)24-25-21-13-16(20(21,4)5)12-11-14(21)2/h7-10,14,16H,3,6,11-13H2,1-2,4-5H3. The van der Waals surface area contributed by atoms with Crippen molar-refractivity contribution in [3.63, 3.8) is 0 Å². The molecule has 1 aromatic rings. The molecule has 0 amide bonds. The lowest BCUT2D eigenvalue weighted by atomic mass is 9.43. The Hall–Kier alpha value is -1.81. The fourth-order valence-electron chi connectivity index (χ4n) is 4.54. The first-order valence-corrected chi connectivity index (χ1v) is 9.14. The number of esters is 1. The predicted octanol–water partition coefficient (Wildman–Crippen LogP) is 4.79. The van der Waals surface area contributed by atoms with E-state index in [-0.39, 0.29) is 16.6 Å². The van der Waals surface area contributed by atoms with E-state index in [2.05, 4.69) is 27.4 Å². The molecule has 25 heavy (non-hydrogen) atoms. The number of carbonyl (C=O) groups is 1. The van der Waals surface area contributed by atoms with Gasteiger partial charge in [0.25, 0.3) is 0 Å². The summed E-state index contributed by atoms with van der Waals surface area (Å²) in [7, 11) is 0. The minimum absolute atomic E-state index is 0.0950. The van der Waals surface area contributed by atoms with Gasteiger partial charge in [-0.05, 0) is 44.1 Å². The monoisotopic (exact) mass is 344 g/mol. The lowest BCUT2D eigenvalue weighted by Crippen LogP contribution is -2.68. The molecule has 2 bridgehead atoms. The van der Waals surface area contributed by atoms with Crippen LogP contribution in [0.5, 0.6) is 5.75 Å². The molecule has 0 saturated heterocycles. The summed E-state index contributed by atoms with van der Waals surface area (Å²) in [5, 5.41) is 0. The molecule has 4 nitrogen and oxygen atoms in total. The summed E-state index contributed by atoms with van der Waals surface area (Å²) < 4.78 is 5.05. The minimum Gasteiger partial charge on any atom is -0.462 e. The zero-order chi connectivity index (χ0) is 18.2. The van der Waals surface area contributed by atoms with Crippen LogP contribution in [0.4, 0.5) is 0 Å². The van der Waals surface area contributed by atoms with Crippen molar-refractivity contribution in [3.8, 4) is 5.75 Å². The van der Waals surface area contributed by atoms with Crippen molar-refractivity contribution in [2.75, 3.05) is 6.61 Å². The highest BCUT2D eigenvalue weighted by Crippen LogP contribution is 2.65. The highest BCUT2D eigenvalue weighted by molar-refractivity contribution is 6.16. The van der Waals surface area contributed by atoms with Gasteiger partial charge in [-0.2, -0.15) is 4.89 Å². The second-order valence-electron chi connectivity index (χ2n) is 7.85. The Morgan fingerprint density at radius 3 is 2.64 bits per heavy atom. The number of hydrogen-bond donors (Lipinski definition) is 0. The van der Waals surface area contributed by atoms with Crippen LogP contribution in [0.25, 0.3) is 5.57 Å². The number of para-hydroxylation sites is 1. The van der Waals surface area contributed by atoms with Crippen molar-refractivity contribution in [1.29, 1.82) is 0 Å². The molecule has 3 fully saturated rings. The van der Waals surface area contributed by atoms with Gasteiger partial charge in [-0.1, -0.05) is 45.5 Å². The maximum atomic E-state index is 12.0. The van der Waals surface area contributed by atoms with E-state index in [9.17, 15) is 4.79 Å². The molecule has 0 radical (unpaired) electrons. The van der Waals surface area contributed by atoms with Gasteiger partial charge in [0.05, 0.1) is 12.2 Å². The summed E-state index contributed by atoms with van der Waals surface area (Å²) >= 11 is 0. The zero-order valence-electron chi connectivity index (χ0n) is 15.6. The first-order chi connectivity index (χ1) is 11.8. The molecule has 0 N–H and O–H groups in total. The van der Waals surface area contributed by atoms with E-state index in [1.807, 2.05) is 12.1 Å². The van der Waals surface area contributed by atoms with E-state index in [0.29, 0.717) is 29.8 Å². The Labute approximate surface area is 150 Å². The van der Waals surface area contributed by atoms with Gasteiger partial charge < -0.3 is 9.62 Å². The molecule has 136 valence electrons. The Kier molecular flexibility index (Phi) is 4.67. The third kappa shape index (κ3) is 2.77. The summed E-state index contributed by atoms with van der Waals surface area (Å²) in [5.74, 6) is 1.20. The largest absolute Gasteiger partial charge is 0.462 e. The van der Waals surface area contributed by atoms with Crippen LogP contribution < -0.4 is 4.89 Å². The Morgan fingerprint density at radius 2 is 2.00 bits per heavy atom. The van der Waals surface area contributed by atoms with E-state index in [1.54, 1.807) is 19.1 Å². The van der Waals surface area contributed by atoms with Gasteiger partial charge in [-0.25, -0.2) is 4.79 Å². The second kappa shape index (κ2) is 6.49. The number of rotatable bonds is 6. The molecule has 3 aliphatic carbocycles. The van der Waals surface area contributed by atoms with Gasteiger partial charge in [0.15, 0.2) is 5.75 Å². The third-order valence-electron chi connectivity index (χ3n) is 6.42. The number of fused-ring (bicyclic) bond motifs is 2. The van der Waals surface area contributed by atoms with Crippen LogP contribution >= 0.6 is 0 Å². The first kappa shape index (κ1) is 18.0. The molecule has 3 atom stereocenters.